The number of hydrogen-bond acceptors (Lipinski definition) is 2. The average Bonchev–Trinajstić information content (AvgIpc) is 2.85. The number of hydrogen-bond donors (Lipinski definition) is 0. The molecule has 14 heavy (non-hydrogen) atoms. The molecule has 0 fully saturated rings. The second kappa shape index (κ2) is 4.24. The predicted octanol–water partition coefficient (Wildman–Crippen LogP) is 2.60. The van der Waals surface area contributed by atoms with E-state index in [-0.39, 0.29) is 0 Å². The number of aryl methyl sites for hydroxylation is 2. The van der Waals surface area contributed by atoms with E-state index in [0.29, 0.717) is 0 Å². The first-order valence-electron chi connectivity index (χ1n) is 4.53. The van der Waals surface area contributed by atoms with Gasteiger partial charge in [-0.05, 0) is 30.0 Å². The van der Waals surface area contributed by atoms with Crippen molar-refractivity contribution < 1.29 is 4.79 Å². The number of carbonyl (C=O) groups is 1. The van der Waals surface area contributed by atoms with Crippen LogP contribution in [0, 0.1) is 0 Å². The van der Waals surface area contributed by atoms with E-state index in [2.05, 4.69) is 17.5 Å². The van der Waals surface area contributed by atoms with E-state index in [1.54, 1.807) is 11.3 Å². The first kappa shape index (κ1) is 9.21. The summed E-state index contributed by atoms with van der Waals surface area (Å²) in [6.45, 7) is 0.877. The van der Waals surface area contributed by atoms with Gasteiger partial charge in [-0.25, -0.2) is 0 Å². The average molecular weight is 205 g/mol. The summed E-state index contributed by atoms with van der Waals surface area (Å²) in [7, 11) is 0. The number of rotatable bonds is 4. The standard InChI is InChI=1S/C11H11NOS/c13-9-10-3-1-6-12(10)7-5-11-4-2-8-14-11/h1-4,6,8-9H,5,7H2. The summed E-state index contributed by atoms with van der Waals surface area (Å²) in [5.41, 5.74) is 0.751. The van der Waals surface area contributed by atoms with Crippen LogP contribution in [0.4, 0.5) is 0 Å². The Balaban J connectivity index is 2.01. The zero-order chi connectivity index (χ0) is 9.80. The first-order chi connectivity index (χ1) is 6.90. The van der Waals surface area contributed by atoms with Gasteiger partial charge in [-0.1, -0.05) is 6.07 Å². The van der Waals surface area contributed by atoms with E-state index in [0.717, 1.165) is 24.9 Å². The molecule has 0 atom stereocenters. The summed E-state index contributed by atoms with van der Waals surface area (Å²) < 4.78 is 1.98. The second-order valence-corrected chi connectivity index (χ2v) is 4.11. The Morgan fingerprint density at radius 1 is 1.36 bits per heavy atom. The molecule has 2 aromatic rings. The smallest absolute Gasteiger partial charge is 0.166 e. The Bertz CT molecular complexity index is 403. The van der Waals surface area contributed by atoms with Crippen molar-refractivity contribution >= 4 is 17.6 Å². The van der Waals surface area contributed by atoms with Gasteiger partial charge in [-0.2, -0.15) is 0 Å². The van der Waals surface area contributed by atoms with Crippen molar-refractivity contribution in [3.63, 3.8) is 0 Å². The van der Waals surface area contributed by atoms with Gasteiger partial charge in [0.15, 0.2) is 6.29 Å². The molecule has 0 saturated carbocycles. The van der Waals surface area contributed by atoms with Gasteiger partial charge in [0.1, 0.15) is 0 Å². The summed E-state index contributed by atoms with van der Waals surface area (Å²) in [6, 6.07) is 7.91. The normalized spacial score (nSPS) is 10.3. The van der Waals surface area contributed by atoms with Crippen LogP contribution in [0.25, 0.3) is 0 Å². The van der Waals surface area contributed by atoms with E-state index >= 15 is 0 Å². The highest BCUT2D eigenvalue weighted by molar-refractivity contribution is 7.09. The van der Waals surface area contributed by atoms with E-state index < -0.39 is 0 Å². The van der Waals surface area contributed by atoms with Gasteiger partial charge in [-0.15, -0.1) is 11.3 Å². The van der Waals surface area contributed by atoms with E-state index in [1.165, 1.54) is 4.88 Å². The zero-order valence-electron chi connectivity index (χ0n) is 7.72. The Morgan fingerprint density at radius 2 is 2.29 bits per heavy atom. The van der Waals surface area contributed by atoms with Crippen molar-refractivity contribution in [2.24, 2.45) is 0 Å². The quantitative estimate of drug-likeness (QED) is 0.703. The summed E-state index contributed by atoms with van der Waals surface area (Å²) in [5.74, 6) is 0. The molecule has 0 aromatic carbocycles. The molecule has 2 rings (SSSR count). The lowest BCUT2D eigenvalue weighted by molar-refractivity contribution is 0.111. The number of nitrogens with zero attached hydrogens (tertiary/aromatic N) is 1. The minimum Gasteiger partial charge on any atom is -0.345 e. The van der Waals surface area contributed by atoms with Gasteiger partial charge in [0.25, 0.3) is 0 Å². The van der Waals surface area contributed by atoms with Gasteiger partial charge in [0.05, 0.1) is 5.69 Å². The number of thiophene rings is 1. The van der Waals surface area contributed by atoms with Crippen LogP contribution in [-0.2, 0) is 13.0 Å². The molecule has 0 amide bonds. The molecule has 0 aliphatic heterocycles. The minimum absolute atomic E-state index is 0.751. The van der Waals surface area contributed by atoms with Crippen LogP contribution in [0.5, 0.6) is 0 Å². The molecule has 0 aliphatic carbocycles. The maximum absolute atomic E-state index is 10.6. The molecule has 0 spiro atoms. The molecular weight excluding hydrogens is 194 g/mol. The first-order valence-corrected chi connectivity index (χ1v) is 5.41. The molecule has 3 heteroatoms. The maximum Gasteiger partial charge on any atom is 0.166 e. The zero-order valence-corrected chi connectivity index (χ0v) is 8.54. The molecule has 2 aromatic heterocycles. The van der Waals surface area contributed by atoms with E-state index in [9.17, 15) is 4.79 Å². The van der Waals surface area contributed by atoms with Crippen molar-refractivity contribution in [1.82, 2.24) is 4.57 Å². The largest absolute Gasteiger partial charge is 0.345 e. The summed E-state index contributed by atoms with van der Waals surface area (Å²) in [5, 5.41) is 2.08. The number of carbonyl (C=O) groups excluding carboxylic acids is 1. The predicted molar refractivity (Wildman–Crippen MR) is 57.8 cm³/mol. The highest BCUT2D eigenvalue weighted by Gasteiger charge is 1.99. The van der Waals surface area contributed by atoms with Crippen molar-refractivity contribution in [2.75, 3.05) is 0 Å². The van der Waals surface area contributed by atoms with Gasteiger partial charge in [0, 0.05) is 17.6 Å². The van der Waals surface area contributed by atoms with Crippen LogP contribution in [0.1, 0.15) is 15.4 Å². The van der Waals surface area contributed by atoms with E-state index in [1.807, 2.05) is 22.9 Å². The van der Waals surface area contributed by atoms with E-state index in [4.69, 9.17) is 0 Å². The molecular formula is C11H11NOS. The fraction of sp³-hybridized carbons (Fsp3) is 0.182. The molecule has 0 bridgehead atoms. The highest BCUT2D eigenvalue weighted by Crippen LogP contribution is 2.11. The van der Waals surface area contributed by atoms with Gasteiger partial charge in [-0.3, -0.25) is 4.79 Å². The lowest BCUT2D eigenvalue weighted by atomic mass is 10.3. The SMILES string of the molecule is O=Cc1cccn1CCc1cccs1. The molecule has 0 unspecified atom stereocenters. The fourth-order valence-corrected chi connectivity index (χ4v) is 2.12. The molecule has 0 saturated heterocycles. The van der Waals surface area contributed by atoms with Crippen LogP contribution >= 0.6 is 11.3 Å². The lowest BCUT2D eigenvalue weighted by Gasteiger charge is -2.03. The van der Waals surface area contributed by atoms with Crippen LogP contribution in [0.2, 0.25) is 0 Å². The van der Waals surface area contributed by atoms with Crippen LogP contribution in [-0.4, -0.2) is 10.9 Å². The molecule has 0 radical (unpaired) electrons. The molecule has 72 valence electrons. The van der Waals surface area contributed by atoms with Gasteiger partial charge < -0.3 is 4.57 Å². The van der Waals surface area contributed by atoms with Gasteiger partial charge in [0.2, 0.25) is 0 Å². The maximum atomic E-state index is 10.6. The number of aldehydes is 1. The summed E-state index contributed by atoms with van der Waals surface area (Å²) >= 11 is 1.76. The van der Waals surface area contributed by atoms with Crippen molar-refractivity contribution in [1.29, 1.82) is 0 Å². The van der Waals surface area contributed by atoms with Crippen molar-refractivity contribution in [3.8, 4) is 0 Å². The molecule has 0 aliphatic rings. The van der Waals surface area contributed by atoms with Crippen LogP contribution in [0.3, 0.4) is 0 Å². The molecule has 0 N–H and O–H groups in total. The van der Waals surface area contributed by atoms with Crippen LogP contribution in [0.15, 0.2) is 35.8 Å². The Morgan fingerprint density at radius 3 is 3.00 bits per heavy atom. The summed E-state index contributed by atoms with van der Waals surface area (Å²) in [4.78, 5) is 12.0. The summed E-state index contributed by atoms with van der Waals surface area (Å²) in [6.07, 6.45) is 3.83. The fourth-order valence-electron chi connectivity index (χ4n) is 1.42. The Labute approximate surface area is 86.8 Å². The highest BCUT2D eigenvalue weighted by atomic mass is 32.1. The van der Waals surface area contributed by atoms with Crippen LogP contribution < -0.4 is 0 Å². The second-order valence-electron chi connectivity index (χ2n) is 3.07. The third kappa shape index (κ3) is 1.93. The topological polar surface area (TPSA) is 22.0 Å². The monoisotopic (exact) mass is 205 g/mol. The minimum atomic E-state index is 0.751. The third-order valence-corrected chi connectivity index (χ3v) is 3.10. The Hall–Kier alpha value is -1.35. The Kier molecular flexibility index (Phi) is 2.79. The number of aromatic nitrogens is 1. The van der Waals surface area contributed by atoms with Gasteiger partial charge >= 0.3 is 0 Å². The van der Waals surface area contributed by atoms with Crippen molar-refractivity contribution in [3.05, 3.63) is 46.4 Å². The molecule has 2 heterocycles. The lowest BCUT2D eigenvalue weighted by Crippen LogP contribution is -2.02. The molecule has 2 nitrogen and oxygen atoms in total. The van der Waals surface area contributed by atoms with Crippen molar-refractivity contribution in [2.45, 2.75) is 13.0 Å². The third-order valence-electron chi connectivity index (χ3n) is 2.16.